The number of nitrogens with one attached hydrogen (secondary N) is 1. The summed E-state index contributed by atoms with van der Waals surface area (Å²) in [6.45, 7) is 3.55. The highest BCUT2D eigenvalue weighted by Crippen LogP contribution is 2.00. The van der Waals surface area contributed by atoms with E-state index < -0.39 is 5.97 Å². The molecule has 0 saturated carbocycles. The van der Waals surface area contributed by atoms with Crippen molar-refractivity contribution in [2.24, 2.45) is 0 Å². The van der Waals surface area contributed by atoms with E-state index in [0.717, 1.165) is 0 Å². The molecule has 0 spiro atoms. The van der Waals surface area contributed by atoms with E-state index in [1.807, 2.05) is 6.92 Å². The molecular formula is C9H12N2O3. The first-order valence-electron chi connectivity index (χ1n) is 4.28. The zero-order chi connectivity index (χ0) is 10.7. The van der Waals surface area contributed by atoms with Crippen molar-refractivity contribution in [1.29, 1.82) is 0 Å². The van der Waals surface area contributed by atoms with E-state index in [-0.39, 0.29) is 11.4 Å². The number of hydrogen-bond acceptors (Lipinski definition) is 4. The van der Waals surface area contributed by atoms with Crippen molar-refractivity contribution >= 4 is 5.97 Å². The van der Waals surface area contributed by atoms with Gasteiger partial charge in [0.15, 0.2) is 0 Å². The Morgan fingerprint density at radius 1 is 1.57 bits per heavy atom. The van der Waals surface area contributed by atoms with Crippen molar-refractivity contribution in [2.75, 3.05) is 7.11 Å². The molecule has 0 amide bonds. The molecule has 1 aromatic rings. The maximum Gasteiger partial charge on any atom is 0.374 e. The third-order valence-corrected chi connectivity index (χ3v) is 1.95. The Kier molecular flexibility index (Phi) is 3.01. The van der Waals surface area contributed by atoms with E-state index in [1.54, 1.807) is 6.92 Å². The molecule has 1 rings (SSSR count). The standard InChI is InChI=1S/C9H12N2O3/c1-4-6-5(2)10-7(9(13)14-3)11-8(6)12/h4H2,1-3H3,(H,10,11,12). The Labute approximate surface area is 81.1 Å². The summed E-state index contributed by atoms with van der Waals surface area (Å²) in [7, 11) is 1.24. The van der Waals surface area contributed by atoms with Gasteiger partial charge in [-0.05, 0) is 13.3 Å². The third-order valence-electron chi connectivity index (χ3n) is 1.95. The predicted octanol–water partition coefficient (Wildman–Crippen LogP) is 0.427. The van der Waals surface area contributed by atoms with E-state index in [2.05, 4.69) is 14.7 Å². The van der Waals surface area contributed by atoms with Gasteiger partial charge < -0.3 is 9.72 Å². The molecule has 1 N–H and O–H groups in total. The first-order valence-corrected chi connectivity index (χ1v) is 4.28. The molecule has 1 aromatic heterocycles. The first-order chi connectivity index (χ1) is 6.60. The third kappa shape index (κ3) is 1.81. The van der Waals surface area contributed by atoms with Crippen molar-refractivity contribution in [2.45, 2.75) is 20.3 Å². The van der Waals surface area contributed by atoms with Crippen molar-refractivity contribution in [3.8, 4) is 0 Å². The molecule has 0 unspecified atom stereocenters. The number of H-pyrrole nitrogens is 1. The SMILES string of the molecule is CCc1c(C)nc(C(=O)OC)[nH]c1=O. The van der Waals surface area contributed by atoms with Crippen LogP contribution in [0, 0.1) is 6.92 Å². The monoisotopic (exact) mass is 196 g/mol. The number of aromatic amines is 1. The molecule has 0 aliphatic carbocycles. The average molecular weight is 196 g/mol. The van der Waals surface area contributed by atoms with Gasteiger partial charge in [0.25, 0.3) is 5.56 Å². The molecule has 0 atom stereocenters. The van der Waals surface area contributed by atoms with Crippen LogP contribution < -0.4 is 5.56 Å². The quantitative estimate of drug-likeness (QED) is 0.696. The summed E-state index contributed by atoms with van der Waals surface area (Å²) in [5.41, 5.74) is 0.884. The Hall–Kier alpha value is -1.65. The van der Waals surface area contributed by atoms with Crippen molar-refractivity contribution in [3.63, 3.8) is 0 Å². The highest BCUT2D eigenvalue weighted by Gasteiger charge is 2.12. The molecule has 0 aliphatic heterocycles. The van der Waals surface area contributed by atoms with Gasteiger partial charge in [0.2, 0.25) is 5.82 Å². The van der Waals surface area contributed by atoms with Gasteiger partial charge in [0.05, 0.1) is 7.11 Å². The smallest absolute Gasteiger partial charge is 0.374 e. The minimum Gasteiger partial charge on any atom is -0.463 e. The van der Waals surface area contributed by atoms with E-state index in [9.17, 15) is 9.59 Å². The van der Waals surface area contributed by atoms with Gasteiger partial charge in [0.1, 0.15) is 0 Å². The van der Waals surface area contributed by atoms with E-state index in [0.29, 0.717) is 17.7 Å². The zero-order valence-corrected chi connectivity index (χ0v) is 8.38. The number of hydrogen-bond donors (Lipinski definition) is 1. The fraction of sp³-hybridized carbons (Fsp3) is 0.444. The molecule has 5 nitrogen and oxygen atoms in total. The van der Waals surface area contributed by atoms with Crippen LogP contribution >= 0.6 is 0 Å². The van der Waals surface area contributed by atoms with Gasteiger partial charge in [-0.25, -0.2) is 9.78 Å². The van der Waals surface area contributed by atoms with E-state index in [4.69, 9.17) is 0 Å². The predicted molar refractivity (Wildman–Crippen MR) is 50.3 cm³/mol. The van der Waals surface area contributed by atoms with Gasteiger partial charge in [-0.15, -0.1) is 0 Å². The number of aromatic nitrogens is 2. The summed E-state index contributed by atoms with van der Waals surface area (Å²) in [4.78, 5) is 28.8. The summed E-state index contributed by atoms with van der Waals surface area (Å²) >= 11 is 0. The summed E-state index contributed by atoms with van der Waals surface area (Å²) in [6, 6.07) is 0. The molecule has 0 saturated heterocycles. The molecule has 0 aliphatic rings. The Balaban J connectivity index is 3.28. The summed E-state index contributed by atoms with van der Waals surface area (Å²) in [5, 5.41) is 0. The number of rotatable bonds is 2. The topological polar surface area (TPSA) is 72.0 Å². The molecule has 0 fully saturated rings. The Morgan fingerprint density at radius 3 is 2.64 bits per heavy atom. The maximum atomic E-state index is 11.4. The largest absolute Gasteiger partial charge is 0.463 e. The second-order valence-corrected chi connectivity index (χ2v) is 2.82. The number of nitrogens with zero attached hydrogens (tertiary/aromatic N) is 1. The normalized spacial score (nSPS) is 9.93. The maximum absolute atomic E-state index is 11.4. The molecule has 14 heavy (non-hydrogen) atoms. The molecule has 76 valence electrons. The lowest BCUT2D eigenvalue weighted by molar-refractivity contribution is 0.0586. The molecule has 0 aromatic carbocycles. The van der Waals surface area contributed by atoms with Gasteiger partial charge in [-0.1, -0.05) is 6.92 Å². The fourth-order valence-corrected chi connectivity index (χ4v) is 1.22. The van der Waals surface area contributed by atoms with Crippen LogP contribution in [-0.4, -0.2) is 23.0 Å². The minimum atomic E-state index is -0.632. The lowest BCUT2D eigenvalue weighted by Crippen LogP contribution is -2.21. The second-order valence-electron chi connectivity index (χ2n) is 2.82. The Morgan fingerprint density at radius 2 is 2.21 bits per heavy atom. The Bertz CT molecular complexity index is 409. The van der Waals surface area contributed by atoms with Gasteiger partial charge in [0, 0.05) is 11.3 Å². The molecule has 5 heteroatoms. The minimum absolute atomic E-state index is 0.0489. The number of carbonyl (C=O) groups is 1. The number of ether oxygens (including phenoxy) is 1. The fourth-order valence-electron chi connectivity index (χ4n) is 1.22. The van der Waals surface area contributed by atoms with Crippen LogP contribution in [0.15, 0.2) is 4.79 Å². The number of aryl methyl sites for hydroxylation is 1. The lowest BCUT2D eigenvalue weighted by atomic mass is 10.2. The molecule has 0 radical (unpaired) electrons. The number of methoxy groups -OCH3 is 1. The van der Waals surface area contributed by atoms with Crippen LogP contribution in [0.2, 0.25) is 0 Å². The summed E-state index contributed by atoms with van der Waals surface area (Å²) in [6.07, 6.45) is 0.593. The van der Waals surface area contributed by atoms with Gasteiger partial charge in [-0.3, -0.25) is 4.79 Å². The zero-order valence-electron chi connectivity index (χ0n) is 8.38. The van der Waals surface area contributed by atoms with Crippen molar-refractivity contribution in [1.82, 2.24) is 9.97 Å². The van der Waals surface area contributed by atoms with Crippen LogP contribution in [0.1, 0.15) is 28.8 Å². The van der Waals surface area contributed by atoms with E-state index >= 15 is 0 Å². The number of esters is 1. The summed E-state index contributed by atoms with van der Waals surface area (Å²) < 4.78 is 4.45. The van der Waals surface area contributed by atoms with Crippen LogP contribution in [0.4, 0.5) is 0 Å². The number of carbonyl (C=O) groups excluding carboxylic acids is 1. The highest BCUT2D eigenvalue weighted by molar-refractivity contribution is 5.84. The molecular weight excluding hydrogens is 184 g/mol. The van der Waals surface area contributed by atoms with E-state index in [1.165, 1.54) is 7.11 Å². The van der Waals surface area contributed by atoms with Crippen LogP contribution in [0.25, 0.3) is 0 Å². The second kappa shape index (κ2) is 4.04. The average Bonchev–Trinajstić information content (AvgIpc) is 2.16. The van der Waals surface area contributed by atoms with Gasteiger partial charge >= 0.3 is 5.97 Å². The van der Waals surface area contributed by atoms with Crippen LogP contribution in [-0.2, 0) is 11.2 Å². The summed E-state index contributed by atoms with van der Waals surface area (Å²) in [5.74, 6) is -0.681. The van der Waals surface area contributed by atoms with Crippen LogP contribution in [0.3, 0.4) is 0 Å². The van der Waals surface area contributed by atoms with Crippen LogP contribution in [0.5, 0.6) is 0 Å². The molecule has 0 bridgehead atoms. The lowest BCUT2D eigenvalue weighted by Gasteiger charge is -2.03. The van der Waals surface area contributed by atoms with Crippen molar-refractivity contribution in [3.05, 3.63) is 27.4 Å². The first kappa shape index (κ1) is 10.4. The molecule has 1 heterocycles. The van der Waals surface area contributed by atoms with Gasteiger partial charge in [-0.2, -0.15) is 0 Å². The highest BCUT2D eigenvalue weighted by atomic mass is 16.5. The van der Waals surface area contributed by atoms with Crippen molar-refractivity contribution < 1.29 is 9.53 Å².